The van der Waals surface area contributed by atoms with Crippen LogP contribution < -0.4 is 0 Å². The molecule has 0 atom stereocenters. The number of ether oxygens (including phenoxy) is 1. The second-order valence-corrected chi connectivity index (χ2v) is 5.14. The van der Waals surface area contributed by atoms with Crippen LogP contribution in [0.3, 0.4) is 0 Å². The molecule has 2 rings (SSSR count). The van der Waals surface area contributed by atoms with Crippen LogP contribution in [0.25, 0.3) is 0 Å². The van der Waals surface area contributed by atoms with Gasteiger partial charge in [0.15, 0.2) is 0 Å². The zero-order chi connectivity index (χ0) is 15.8. The van der Waals surface area contributed by atoms with Gasteiger partial charge in [0.25, 0.3) is 0 Å². The average molecular weight is 295 g/mol. The van der Waals surface area contributed by atoms with Gasteiger partial charge in [0.1, 0.15) is 0 Å². The first-order chi connectivity index (χ1) is 10.7. The summed E-state index contributed by atoms with van der Waals surface area (Å²) in [6.45, 7) is 3.42. The summed E-state index contributed by atoms with van der Waals surface area (Å²) in [5.41, 5.74) is 3.30. The minimum atomic E-state index is -0.330. The van der Waals surface area contributed by atoms with Gasteiger partial charge in [-0.1, -0.05) is 60.7 Å². The molecule has 0 unspecified atom stereocenters. The Balaban J connectivity index is 2.20. The molecule has 0 N–H and O–H groups in total. The van der Waals surface area contributed by atoms with Crippen LogP contribution in [0.15, 0.2) is 72.4 Å². The quantitative estimate of drug-likeness (QED) is 0.600. The minimum absolute atomic E-state index is 0.330. The second kappa shape index (κ2) is 8.03. The average Bonchev–Trinajstić information content (AvgIpc) is 2.56. The molecule has 0 bridgehead atoms. The Morgan fingerprint density at radius 2 is 1.41 bits per heavy atom. The van der Waals surface area contributed by atoms with Crippen molar-refractivity contribution in [2.45, 2.75) is 20.0 Å². The Morgan fingerprint density at radius 1 is 0.955 bits per heavy atom. The van der Waals surface area contributed by atoms with E-state index in [-0.39, 0.29) is 5.97 Å². The summed E-state index contributed by atoms with van der Waals surface area (Å²) in [5.74, 6) is -0.330. The molecule has 0 radical (unpaired) electrons. The molecule has 0 spiro atoms. The lowest BCUT2D eigenvalue weighted by molar-refractivity contribution is -0.135. The number of carbonyl (C=O) groups is 1. The largest absolute Gasteiger partial charge is 0.466 e. The van der Waals surface area contributed by atoms with E-state index in [4.69, 9.17) is 4.74 Å². The first kappa shape index (κ1) is 15.8. The van der Waals surface area contributed by atoms with Gasteiger partial charge >= 0.3 is 5.97 Å². The number of benzene rings is 2. The van der Waals surface area contributed by atoms with Gasteiger partial charge < -0.3 is 9.64 Å². The molecule has 22 heavy (non-hydrogen) atoms. The van der Waals surface area contributed by atoms with E-state index in [0.29, 0.717) is 0 Å². The molecule has 0 amide bonds. The number of carbonyl (C=O) groups excluding carboxylic acids is 1. The van der Waals surface area contributed by atoms with Crippen molar-refractivity contribution in [3.8, 4) is 0 Å². The number of rotatable bonds is 6. The number of allylic oxidation sites excluding steroid dienone is 1. The summed E-state index contributed by atoms with van der Waals surface area (Å²) < 4.78 is 4.73. The molecule has 2 aromatic rings. The van der Waals surface area contributed by atoms with Gasteiger partial charge in [0.2, 0.25) is 0 Å². The van der Waals surface area contributed by atoms with Crippen LogP contribution in [0, 0.1) is 0 Å². The monoisotopic (exact) mass is 295 g/mol. The number of esters is 1. The van der Waals surface area contributed by atoms with Crippen molar-refractivity contribution in [1.29, 1.82) is 0 Å². The summed E-state index contributed by atoms with van der Waals surface area (Å²) in [4.78, 5) is 13.7. The van der Waals surface area contributed by atoms with Gasteiger partial charge in [-0.3, -0.25) is 0 Å². The molecule has 3 heteroatoms. The molecule has 2 aromatic carbocycles. The summed E-state index contributed by atoms with van der Waals surface area (Å²) in [6, 6.07) is 20.4. The van der Waals surface area contributed by atoms with E-state index in [0.717, 1.165) is 18.8 Å². The summed E-state index contributed by atoms with van der Waals surface area (Å²) in [7, 11) is 1.39. The lowest BCUT2D eigenvalue weighted by atomic mass is 10.1. The van der Waals surface area contributed by atoms with E-state index in [9.17, 15) is 4.79 Å². The van der Waals surface area contributed by atoms with Crippen molar-refractivity contribution in [2.24, 2.45) is 0 Å². The molecule has 0 aliphatic heterocycles. The van der Waals surface area contributed by atoms with E-state index in [1.54, 1.807) is 0 Å². The number of hydrogen-bond acceptors (Lipinski definition) is 3. The van der Waals surface area contributed by atoms with E-state index >= 15 is 0 Å². The van der Waals surface area contributed by atoms with Crippen LogP contribution in [0.5, 0.6) is 0 Å². The molecule has 0 heterocycles. The molecule has 0 fully saturated rings. The Labute approximate surface area is 131 Å². The predicted octanol–water partition coefficient (Wildman–Crippen LogP) is 3.77. The van der Waals surface area contributed by atoms with Gasteiger partial charge in [-0.05, 0) is 18.1 Å². The van der Waals surface area contributed by atoms with E-state index in [2.05, 4.69) is 29.2 Å². The summed E-state index contributed by atoms with van der Waals surface area (Å²) >= 11 is 0. The van der Waals surface area contributed by atoms with Gasteiger partial charge in [-0.2, -0.15) is 0 Å². The van der Waals surface area contributed by atoms with Crippen molar-refractivity contribution in [3.63, 3.8) is 0 Å². The fourth-order valence-electron chi connectivity index (χ4n) is 2.23. The number of nitrogens with zero attached hydrogens (tertiary/aromatic N) is 1. The number of methoxy groups -OCH3 is 1. The molecule has 0 saturated heterocycles. The lowest BCUT2D eigenvalue weighted by Crippen LogP contribution is -2.21. The first-order valence-electron chi connectivity index (χ1n) is 7.28. The zero-order valence-corrected chi connectivity index (χ0v) is 13.0. The third-order valence-electron chi connectivity index (χ3n) is 3.46. The maximum absolute atomic E-state index is 11.5. The van der Waals surface area contributed by atoms with Crippen molar-refractivity contribution in [2.75, 3.05) is 7.11 Å². The van der Waals surface area contributed by atoms with Crippen LogP contribution >= 0.6 is 0 Å². The Morgan fingerprint density at radius 3 is 1.82 bits per heavy atom. The predicted molar refractivity (Wildman–Crippen MR) is 87.9 cm³/mol. The van der Waals surface area contributed by atoms with Crippen LogP contribution in [-0.4, -0.2) is 18.0 Å². The highest BCUT2D eigenvalue weighted by atomic mass is 16.5. The summed E-state index contributed by atoms with van der Waals surface area (Å²) in [6.07, 6.45) is 1.53. The maximum Gasteiger partial charge on any atom is 0.332 e. The van der Waals surface area contributed by atoms with Crippen molar-refractivity contribution in [3.05, 3.63) is 83.6 Å². The lowest BCUT2D eigenvalue weighted by Gasteiger charge is -2.25. The van der Waals surface area contributed by atoms with E-state index < -0.39 is 0 Å². The van der Waals surface area contributed by atoms with Gasteiger partial charge in [-0.15, -0.1) is 0 Å². The molecule has 114 valence electrons. The van der Waals surface area contributed by atoms with E-state index in [1.165, 1.54) is 24.3 Å². The van der Waals surface area contributed by atoms with Gasteiger partial charge in [0, 0.05) is 24.9 Å². The van der Waals surface area contributed by atoms with Crippen LogP contribution in [0.4, 0.5) is 0 Å². The molecule has 3 nitrogen and oxygen atoms in total. The highest BCUT2D eigenvalue weighted by Gasteiger charge is 2.09. The van der Waals surface area contributed by atoms with Crippen molar-refractivity contribution < 1.29 is 9.53 Å². The molecular weight excluding hydrogens is 274 g/mol. The van der Waals surface area contributed by atoms with Crippen LogP contribution in [0.2, 0.25) is 0 Å². The standard InChI is InChI=1S/C19H21NO2/c1-16(13-19(21)22-2)20(14-17-9-5-3-6-10-17)15-18-11-7-4-8-12-18/h3-13H,14-15H2,1-2H3/b16-13+. The van der Waals surface area contributed by atoms with Gasteiger partial charge in [-0.25, -0.2) is 4.79 Å². The van der Waals surface area contributed by atoms with Crippen LogP contribution in [-0.2, 0) is 22.6 Å². The third-order valence-corrected chi connectivity index (χ3v) is 3.46. The molecule has 0 aliphatic rings. The summed E-state index contributed by atoms with van der Waals surface area (Å²) in [5, 5.41) is 0. The normalized spacial score (nSPS) is 11.1. The Hall–Kier alpha value is -2.55. The molecule has 0 aliphatic carbocycles. The van der Waals surface area contributed by atoms with Crippen molar-refractivity contribution >= 4 is 5.97 Å². The SMILES string of the molecule is COC(=O)/C=C(\C)N(Cc1ccccc1)Cc1ccccc1. The second-order valence-electron chi connectivity index (χ2n) is 5.14. The highest BCUT2D eigenvalue weighted by molar-refractivity contribution is 5.82. The zero-order valence-electron chi connectivity index (χ0n) is 13.0. The molecule has 0 saturated carbocycles. The van der Waals surface area contributed by atoms with Crippen LogP contribution in [0.1, 0.15) is 18.1 Å². The molecular formula is C19H21NO2. The number of hydrogen-bond donors (Lipinski definition) is 0. The highest BCUT2D eigenvalue weighted by Crippen LogP contribution is 2.15. The maximum atomic E-state index is 11.5. The topological polar surface area (TPSA) is 29.5 Å². The Kier molecular flexibility index (Phi) is 5.78. The minimum Gasteiger partial charge on any atom is -0.466 e. The fourth-order valence-corrected chi connectivity index (χ4v) is 2.23. The first-order valence-corrected chi connectivity index (χ1v) is 7.28. The van der Waals surface area contributed by atoms with E-state index in [1.807, 2.05) is 43.3 Å². The van der Waals surface area contributed by atoms with Gasteiger partial charge in [0.05, 0.1) is 7.11 Å². The Bertz CT molecular complexity index is 579. The van der Waals surface area contributed by atoms with Crippen molar-refractivity contribution in [1.82, 2.24) is 4.90 Å². The fraction of sp³-hybridized carbons (Fsp3) is 0.211. The third kappa shape index (κ3) is 4.77. The smallest absolute Gasteiger partial charge is 0.332 e. The molecule has 0 aromatic heterocycles.